The number of nitrogens with two attached hydrogens (primary N) is 1. The van der Waals surface area contributed by atoms with E-state index in [4.69, 9.17) is 5.73 Å². The molecule has 1 aromatic carbocycles. The molecule has 0 bridgehead atoms. The van der Waals surface area contributed by atoms with Crippen molar-refractivity contribution in [1.82, 2.24) is 0 Å². The third kappa shape index (κ3) is 4.18. The van der Waals surface area contributed by atoms with Gasteiger partial charge in [-0.3, -0.25) is 10.1 Å². The molecule has 3 N–H and O–H groups in total. The van der Waals surface area contributed by atoms with Gasteiger partial charge in [-0.1, -0.05) is 6.07 Å². The van der Waals surface area contributed by atoms with Crippen LogP contribution in [-0.2, 0) is 9.84 Å². The van der Waals surface area contributed by atoms with E-state index in [2.05, 4.69) is 5.32 Å². The van der Waals surface area contributed by atoms with Crippen LogP contribution in [0.3, 0.4) is 0 Å². The molecule has 0 aliphatic heterocycles. The number of hydrogen-bond donors (Lipinski definition) is 2. The number of anilines is 1. The number of nitrogens with zero attached hydrogens (tertiary/aromatic N) is 1. The van der Waals surface area contributed by atoms with E-state index in [1.807, 2.05) is 0 Å². The van der Waals surface area contributed by atoms with Crippen LogP contribution in [0.15, 0.2) is 23.1 Å². The van der Waals surface area contributed by atoms with Gasteiger partial charge in [0, 0.05) is 12.8 Å². The van der Waals surface area contributed by atoms with Crippen molar-refractivity contribution in [2.24, 2.45) is 5.73 Å². The molecule has 0 saturated carbocycles. The van der Waals surface area contributed by atoms with Crippen LogP contribution in [0.25, 0.3) is 0 Å². The molecule has 0 heterocycles. The third-order valence-corrected chi connectivity index (χ3v) is 3.66. The van der Waals surface area contributed by atoms with Crippen LogP contribution in [0.1, 0.15) is 12.8 Å². The van der Waals surface area contributed by atoms with Crippen LogP contribution in [0.2, 0.25) is 0 Å². The Hall–Kier alpha value is -1.67. The topological polar surface area (TPSA) is 115 Å². The Balaban J connectivity index is 3.08. The number of benzene rings is 1. The second kappa shape index (κ2) is 6.48. The summed E-state index contributed by atoms with van der Waals surface area (Å²) in [6.07, 6.45) is 2.51. The van der Waals surface area contributed by atoms with Crippen LogP contribution < -0.4 is 11.1 Å². The Kier molecular flexibility index (Phi) is 5.25. The number of hydrogen-bond acceptors (Lipinski definition) is 6. The van der Waals surface area contributed by atoms with Gasteiger partial charge < -0.3 is 11.1 Å². The maximum Gasteiger partial charge on any atom is 0.310 e. The first-order valence-electron chi connectivity index (χ1n) is 5.79. The SMILES string of the molecule is CS(=O)(=O)c1cccc(NCCCCN)c1[N+](=O)[O-]. The van der Waals surface area contributed by atoms with Crippen molar-refractivity contribution in [3.8, 4) is 0 Å². The van der Waals surface area contributed by atoms with Crippen LogP contribution in [-0.4, -0.2) is 32.7 Å². The fourth-order valence-corrected chi connectivity index (χ4v) is 2.51. The summed E-state index contributed by atoms with van der Waals surface area (Å²) < 4.78 is 23.1. The first-order valence-corrected chi connectivity index (χ1v) is 7.68. The highest BCUT2D eigenvalue weighted by Gasteiger charge is 2.25. The summed E-state index contributed by atoms with van der Waals surface area (Å²) in [5.41, 5.74) is 5.16. The Labute approximate surface area is 111 Å². The minimum absolute atomic E-state index is 0.213. The van der Waals surface area contributed by atoms with Crippen LogP contribution in [0.5, 0.6) is 0 Å². The van der Waals surface area contributed by atoms with E-state index in [1.54, 1.807) is 0 Å². The number of rotatable bonds is 7. The molecule has 0 amide bonds. The smallest absolute Gasteiger partial charge is 0.310 e. The number of unbranched alkanes of at least 4 members (excludes halogenated alkanes) is 1. The lowest BCUT2D eigenvalue weighted by molar-refractivity contribution is -0.386. The minimum atomic E-state index is -3.64. The standard InChI is InChI=1S/C11H17N3O4S/c1-19(17,18)10-6-4-5-9(11(10)14(15)16)13-8-3-2-7-12/h4-6,13H,2-3,7-8,12H2,1H3. The zero-order valence-electron chi connectivity index (χ0n) is 10.6. The summed E-state index contributed by atoms with van der Waals surface area (Å²) in [4.78, 5) is 10.1. The molecule has 0 atom stereocenters. The largest absolute Gasteiger partial charge is 0.379 e. The van der Waals surface area contributed by atoms with Gasteiger partial charge in [-0.05, 0) is 31.5 Å². The molecule has 1 rings (SSSR count). The average Bonchev–Trinajstić information content (AvgIpc) is 2.33. The van der Waals surface area contributed by atoms with Crippen molar-refractivity contribution < 1.29 is 13.3 Å². The lowest BCUT2D eigenvalue weighted by atomic mass is 10.2. The highest BCUT2D eigenvalue weighted by molar-refractivity contribution is 7.90. The summed E-state index contributed by atoms with van der Waals surface area (Å²) in [6.45, 7) is 1.05. The molecule has 0 spiro atoms. The van der Waals surface area contributed by atoms with E-state index in [1.165, 1.54) is 18.2 Å². The second-order valence-corrected chi connectivity index (χ2v) is 6.09. The normalized spacial score (nSPS) is 11.3. The van der Waals surface area contributed by atoms with E-state index in [9.17, 15) is 18.5 Å². The maximum atomic E-state index is 11.5. The summed E-state index contributed by atoms with van der Waals surface area (Å²) in [7, 11) is -3.64. The molecule has 8 heteroatoms. The predicted molar refractivity (Wildman–Crippen MR) is 73.0 cm³/mol. The van der Waals surface area contributed by atoms with Crippen LogP contribution in [0, 0.1) is 10.1 Å². The Morgan fingerprint density at radius 3 is 2.58 bits per heavy atom. The highest BCUT2D eigenvalue weighted by atomic mass is 32.2. The Morgan fingerprint density at radius 2 is 2.05 bits per heavy atom. The van der Waals surface area contributed by atoms with E-state index >= 15 is 0 Å². The Bertz CT molecular complexity index is 557. The monoisotopic (exact) mass is 287 g/mol. The summed E-state index contributed by atoms with van der Waals surface area (Å²) in [5, 5.41) is 13.9. The Morgan fingerprint density at radius 1 is 1.37 bits per heavy atom. The fourth-order valence-electron chi connectivity index (χ4n) is 1.64. The number of para-hydroxylation sites is 1. The summed E-state index contributed by atoms with van der Waals surface area (Å²) >= 11 is 0. The molecule has 0 radical (unpaired) electrons. The van der Waals surface area contributed by atoms with Gasteiger partial charge >= 0.3 is 5.69 Å². The molecule has 0 unspecified atom stereocenters. The molecule has 106 valence electrons. The van der Waals surface area contributed by atoms with Gasteiger partial charge in [0.2, 0.25) is 0 Å². The molecule has 1 aromatic rings. The lowest BCUT2D eigenvalue weighted by Gasteiger charge is -2.09. The molecule has 0 aliphatic rings. The van der Waals surface area contributed by atoms with Crippen molar-refractivity contribution in [2.45, 2.75) is 17.7 Å². The molecule has 0 saturated heterocycles. The van der Waals surface area contributed by atoms with E-state index in [0.29, 0.717) is 13.1 Å². The molecule has 7 nitrogen and oxygen atoms in total. The van der Waals surface area contributed by atoms with Crippen molar-refractivity contribution in [3.05, 3.63) is 28.3 Å². The zero-order valence-corrected chi connectivity index (χ0v) is 11.4. The van der Waals surface area contributed by atoms with Crippen molar-refractivity contribution in [2.75, 3.05) is 24.7 Å². The number of nitrogens with one attached hydrogen (secondary N) is 1. The van der Waals surface area contributed by atoms with Crippen LogP contribution in [0.4, 0.5) is 11.4 Å². The molecule has 19 heavy (non-hydrogen) atoms. The quantitative estimate of drug-likeness (QED) is 0.441. The van der Waals surface area contributed by atoms with Crippen molar-refractivity contribution in [3.63, 3.8) is 0 Å². The van der Waals surface area contributed by atoms with Crippen molar-refractivity contribution >= 4 is 21.2 Å². The third-order valence-electron chi connectivity index (χ3n) is 2.53. The summed E-state index contributed by atoms with van der Waals surface area (Å²) in [6, 6.07) is 4.21. The fraction of sp³-hybridized carbons (Fsp3) is 0.455. The minimum Gasteiger partial charge on any atom is -0.379 e. The van der Waals surface area contributed by atoms with Gasteiger partial charge in [-0.2, -0.15) is 0 Å². The number of nitro benzene ring substituents is 1. The van der Waals surface area contributed by atoms with Gasteiger partial charge in [0.1, 0.15) is 10.6 Å². The molecule has 0 fully saturated rings. The number of nitro groups is 1. The van der Waals surface area contributed by atoms with Gasteiger partial charge in [0.05, 0.1) is 4.92 Å². The maximum absolute atomic E-state index is 11.5. The predicted octanol–water partition coefficient (Wildman–Crippen LogP) is 1.15. The first kappa shape index (κ1) is 15.4. The van der Waals surface area contributed by atoms with Gasteiger partial charge in [-0.25, -0.2) is 8.42 Å². The zero-order chi connectivity index (χ0) is 14.5. The van der Waals surface area contributed by atoms with Gasteiger partial charge in [0.15, 0.2) is 9.84 Å². The second-order valence-electron chi connectivity index (χ2n) is 4.10. The number of sulfone groups is 1. The first-order chi connectivity index (χ1) is 8.88. The molecule has 0 aromatic heterocycles. The van der Waals surface area contributed by atoms with Gasteiger partial charge in [0.25, 0.3) is 0 Å². The van der Waals surface area contributed by atoms with E-state index < -0.39 is 20.4 Å². The molecular weight excluding hydrogens is 270 g/mol. The van der Waals surface area contributed by atoms with E-state index in [0.717, 1.165) is 19.1 Å². The highest BCUT2D eigenvalue weighted by Crippen LogP contribution is 2.31. The average molecular weight is 287 g/mol. The van der Waals surface area contributed by atoms with Gasteiger partial charge in [-0.15, -0.1) is 0 Å². The van der Waals surface area contributed by atoms with Crippen LogP contribution >= 0.6 is 0 Å². The van der Waals surface area contributed by atoms with Crippen molar-refractivity contribution in [1.29, 1.82) is 0 Å². The molecular formula is C11H17N3O4S. The van der Waals surface area contributed by atoms with E-state index in [-0.39, 0.29) is 10.6 Å². The lowest BCUT2D eigenvalue weighted by Crippen LogP contribution is -2.09. The molecule has 0 aliphatic carbocycles. The summed E-state index contributed by atoms with van der Waals surface area (Å²) in [5.74, 6) is 0.